The summed E-state index contributed by atoms with van der Waals surface area (Å²) in [6, 6.07) is 9.18. The molecule has 0 unspecified atom stereocenters. The van der Waals surface area contributed by atoms with Gasteiger partial charge in [-0.25, -0.2) is 4.39 Å². The third kappa shape index (κ3) is 3.63. The number of halogens is 3. The van der Waals surface area contributed by atoms with Gasteiger partial charge < -0.3 is 4.74 Å². The van der Waals surface area contributed by atoms with Gasteiger partial charge in [0.25, 0.3) is 0 Å². The van der Waals surface area contributed by atoms with Crippen LogP contribution in [0.25, 0.3) is 0 Å². The zero-order chi connectivity index (χ0) is 15.4. The Bertz CT molecular complexity index is 673. The Kier molecular flexibility index (Phi) is 5.37. The van der Waals surface area contributed by atoms with Crippen molar-refractivity contribution in [3.05, 3.63) is 62.8 Å². The molecule has 2 aromatic rings. The second-order valence-corrected chi connectivity index (χ2v) is 5.66. The summed E-state index contributed by atoms with van der Waals surface area (Å²) < 4.78 is 19.6. The van der Waals surface area contributed by atoms with Crippen molar-refractivity contribution in [2.75, 3.05) is 6.61 Å². The first-order valence-electron chi connectivity index (χ1n) is 6.45. The van der Waals surface area contributed by atoms with Gasteiger partial charge in [0.1, 0.15) is 11.6 Å². The first-order chi connectivity index (χ1) is 10.0. The van der Waals surface area contributed by atoms with Crippen LogP contribution in [0, 0.1) is 5.82 Å². The van der Waals surface area contributed by atoms with Crippen molar-refractivity contribution < 1.29 is 13.9 Å². The highest BCUT2D eigenvalue weighted by Crippen LogP contribution is 2.29. The summed E-state index contributed by atoms with van der Waals surface area (Å²) >= 11 is 9.21. The molecule has 2 aromatic carbocycles. The number of carbonyl (C=O) groups excluding carboxylic acids is 1. The Labute approximate surface area is 136 Å². The number of hydrogen-bond donors (Lipinski definition) is 0. The average molecular weight is 372 g/mol. The van der Waals surface area contributed by atoms with Gasteiger partial charge in [-0.2, -0.15) is 0 Å². The summed E-state index contributed by atoms with van der Waals surface area (Å²) in [6.07, 6.45) is 0.895. The van der Waals surface area contributed by atoms with Crippen LogP contribution in [0.1, 0.15) is 29.3 Å². The van der Waals surface area contributed by atoms with Gasteiger partial charge in [0.05, 0.1) is 16.1 Å². The van der Waals surface area contributed by atoms with E-state index in [2.05, 4.69) is 15.9 Å². The van der Waals surface area contributed by atoms with Gasteiger partial charge in [-0.05, 0) is 52.7 Å². The Morgan fingerprint density at radius 3 is 2.76 bits per heavy atom. The van der Waals surface area contributed by atoms with Crippen molar-refractivity contribution in [3.8, 4) is 5.75 Å². The molecule has 0 aliphatic carbocycles. The molecule has 110 valence electrons. The number of ketones is 1. The lowest BCUT2D eigenvalue weighted by Gasteiger charge is -2.09. The quantitative estimate of drug-likeness (QED) is 0.670. The van der Waals surface area contributed by atoms with E-state index in [4.69, 9.17) is 16.3 Å². The van der Waals surface area contributed by atoms with Crippen molar-refractivity contribution in [1.29, 1.82) is 0 Å². The minimum absolute atomic E-state index is 0.144. The third-order valence-electron chi connectivity index (χ3n) is 2.85. The summed E-state index contributed by atoms with van der Waals surface area (Å²) in [5.74, 6) is -0.273. The molecular weight excluding hydrogens is 359 g/mol. The number of carbonyl (C=O) groups is 1. The maximum absolute atomic E-state index is 13.4. The molecule has 0 bridgehead atoms. The van der Waals surface area contributed by atoms with Crippen LogP contribution in [0.3, 0.4) is 0 Å². The lowest BCUT2D eigenvalue weighted by molar-refractivity contribution is 0.103. The molecule has 0 N–H and O–H groups in total. The van der Waals surface area contributed by atoms with E-state index in [1.165, 1.54) is 18.2 Å². The Morgan fingerprint density at radius 2 is 2.10 bits per heavy atom. The van der Waals surface area contributed by atoms with Gasteiger partial charge in [-0.3, -0.25) is 4.79 Å². The first kappa shape index (κ1) is 16.0. The summed E-state index contributed by atoms with van der Waals surface area (Å²) in [7, 11) is 0. The van der Waals surface area contributed by atoms with Crippen molar-refractivity contribution >= 4 is 33.3 Å². The van der Waals surface area contributed by atoms with Crippen molar-refractivity contribution in [1.82, 2.24) is 0 Å². The molecule has 2 rings (SSSR count). The molecule has 0 aliphatic rings. The van der Waals surface area contributed by atoms with E-state index in [1.54, 1.807) is 18.2 Å². The molecule has 0 spiro atoms. The van der Waals surface area contributed by atoms with Crippen LogP contribution >= 0.6 is 27.5 Å². The molecule has 5 heteroatoms. The molecular formula is C16H13BrClFO2. The Balaban J connectivity index is 2.32. The molecule has 2 nitrogen and oxygen atoms in total. The second kappa shape index (κ2) is 7.05. The van der Waals surface area contributed by atoms with Gasteiger partial charge in [-0.1, -0.05) is 24.6 Å². The van der Waals surface area contributed by atoms with E-state index in [0.29, 0.717) is 22.4 Å². The van der Waals surface area contributed by atoms with E-state index < -0.39 is 5.82 Å². The van der Waals surface area contributed by atoms with Crippen LogP contribution in [0.5, 0.6) is 5.75 Å². The Morgan fingerprint density at radius 1 is 1.33 bits per heavy atom. The SMILES string of the molecule is CCCOc1ccc(C(=O)c2cccc(F)c2Cl)cc1Br. The van der Waals surface area contributed by atoms with E-state index in [9.17, 15) is 9.18 Å². The number of rotatable bonds is 5. The minimum atomic E-state index is -0.607. The average Bonchev–Trinajstić information content (AvgIpc) is 2.48. The van der Waals surface area contributed by atoms with Crippen molar-refractivity contribution in [2.24, 2.45) is 0 Å². The van der Waals surface area contributed by atoms with Crippen molar-refractivity contribution in [3.63, 3.8) is 0 Å². The maximum Gasteiger partial charge on any atom is 0.194 e. The van der Waals surface area contributed by atoms with Crippen LogP contribution in [0.4, 0.5) is 4.39 Å². The summed E-state index contributed by atoms with van der Waals surface area (Å²) in [6.45, 7) is 2.61. The first-order valence-corrected chi connectivity index (χ1v) is 7.62. The van der Waals surface area contributed by atoms with Crippen LogP contribution in [0.2, 0.25) is 5.02 Å². The zero-order valence-electron chi connectivity index (χ0n) is 11.3. The highest BCUT2D eigenvalue weighted by atomic mass is 79.9. The highest BCUT2D eigenvalue weighted by Gasteiger charge is 2.16. The molecule has 0 fully saturated rings. The van der Waals surface area contributed by atoms with Crippen LogP contribution < -0.4 is 4.74 Å². The molecule has 0 aromatic heterocycles. The second-order valence-electron chi connectivity index (χ2n) is 4.42. The molecule has 0 saturated carbocycles. The van der Waals surface area contributed by atoms with Gasteiger partial charge in [0.15, 0.2) is 5.78 Å². The standard InChI is InChI=1S/C16H13BrClFO2/c1-2-8-21-14-7-6-10(9-12(14)17)16(20)11-4-3-5-13(19)15(11)18/h3-7,9H,2,8H2,1H3. The predicted octanol–water partition coefficient (Wildman–Crippen LogP) is 5.26. The molecule has 0 radical (unpaired) electrons. The van der Waals surface area contributed by atoms with Gasteiger partial charge >= 0.3 is 0 Å². The van der Waals surface area contributed by atoms with Crippen LogP contribution in [0.15, 0.2) is 40.9 Å². The molecule has 0 saturated heterocycles. The van der Waals surface area contributed by atoms with Crippen LogP contribution in [-0.2, 0) is 0 Å². The molecule has 0 aliphatic heterocycles. The van der Waals surface area contributed by atoms with E-state index in [1.807, 2.05) is 6.92 Å². The number of ether oxygens (including phenoxy) is 1. The molecule has 0 amide bonds. The summed E-state index contributed by atoms with van der Waals surface area (Å²) in [4.78, 5) is 12.4. The fourth-order valence-electron chi connectivity index (χ4n) is 1.81. The van der Waals surface area contributed by atoms with E-state index in [-0.39, 0.29) is 16.4 Å². The topological polar surface area (TPSA) is 26.3 Å². The molecule has 0 heterocycles. The Hall–Kier alpha value is -1.39. The normalized spacial score (nSPS) is 10.5. The number of benzene rings is 2. The smallest absolute Gasteiger partial charge is 0.194 e. The summed E-state index contributed by atoms with van der Waals surface area (Å²) in [5.41, 5.74) is 0.559. The van der Waals surface area contributed by atoms with Gasteiger partial charge in [0, 0.05) is 11.1 Å². The largest absolute Gasteiger partial charge is 0.492 e. The minimum Gasteiger partial charge on any atom is -0.492 e. The zero-order valence-corrected chi connectivity index (χ0v) is 13.7. The maximum atomic E-state index is 13.4. The molecule has 0 atom stereocenters. The fraction of sp³-hybridized carbons (Fsp3) is 0.188. The summed E-state index contributed by atoms with van der Waals surface area (Å²) in [5, 5.41) is -0.162. The van der Waals surface area contributed by atoms with Gasteiger partial charge in [0.2, 0.25) is 0 Å². The molecule has 21 heavy (non-hydrogen) atoms. The monoisotopic (exact) mass is 370 g/mol. The number of hydrogen-bond acceptors (Lipinski definition) is 2. The van der Waals surface area contributed by atoms with Gasteiger partial charge in [-0.15, -0.1) is 0 Å². The van der Waals surface area contributed by atoms with E-state index >= 15 is 0 Å². The third-order valence-corrected chi connectivity index (χ3v) is 3.86. The lowest BCUT2D eigenvalue weighted by atomic mass is 10.0. The van der Waals surface area contributed by atoms with Crippen LogP contribution in [-0.4, -0.2) is 12.4 Å². The lowest BCUT2D eigenvalue weighted by Crippen LogP contribution is -2.04. The van der Waals surface area contributed by atoms with E-state index in [0.717, 1.165) is 6.42 Å². The highest BCUT2D eigenvalue weighted by molar-refractivity contribution is 9.10. The van der Waals surface area contributed by atoms with Crippen molar-refractivity contribution in [2.45, 2.75) is 13.3 Å². The fourth-order valence-corrected chi connectivity index (χ4v) is 2.51. The predicted molar refractivity (Wildman–Crippen MR) is 84.8 cm³/mol.